The molecule has 25 heavy (non-hydrogen) atoms. The second kappa shape index (κ2) is 7.81. The maximum atomic E-state index is 12.8. The van der Waals surface area contributed by atoms with Crippen LogP contribution in [0.3, 0.4) is 0 Å². The molecule has 0 aliphatic carbocycles. The summed E-state index contributed by atoms with van der Waals surface area (Å²) < 4.78 is 5.77. The fraction of sp³-hybridized carbons (Fsp3) is 0.381. The number of morpholine rings is 1. The highest BCUT2D eigenvalue weighted by Crippen LogP contribution is 2.28. The molecule has 2 aromatic rings. The molecular weight excluding hydrogens is 312 g/mol. The summed E-state index contributed by atoms with van der Waals surface area (Å²) in [4.78, 5) is 15.0. The van der Waals surface area contributed by atoms with Crippen LogP contribution in [0.4, 0.5) is 5.69 Å². The zero-order chi connectivity index (χ0) is 17.8. The van der Waals surface area contributed by atoms with Gasteiger partial charge in [-0.2, -0.15) is 0 Å². The van der Waals surface area contributed by atoms with Crippen LogP contribution in [-0.2, 0) is 9.53 Å². The van der Waals surface area contributed by atoms with Gasteiger partial charge in [-0.05, 0) is 32.4 Å². The summed E-state index contributed by atoms with van der Waals surface area (Å²) in [5.74, 6) is 0.0182. The van der Waals surface area contributed by atoms with Gasteiger partial charge in [0.1, 0.15) is 0 Å². The number of carbonyl (C=O) groups excluding carboxylic acids is 1. The molecule has 0 bridgehead atoms. The van der Waals surface area contributed by atoms with Gasteiger partial charge in [-0.1, -0.05) is 48.5 Å². The van der Waals surface area contributed by atoms with Crippen LogP contribution in [-0.4, -0.2) is 42.1 Å². The van der Waals surface area contributed by atoms with Crippen LogP contribution < -0.4 is 5.32 Å². The zero-order valence-corrected chi connectivity index (χ0v) is 15.1. The van der Waals surface area contributed by atoms with Crippen molar-refractivity contribution in [3.8, 4) is 11.1 Å². The number of hydrogen-bond acceptors (Lipinski definition) is 3. The molecule has 132 valence electrons. The molecule has 1 amide bonds. The number of hydrogen-bond donors (Lipinski definition) is 1. The number of ether oxygens (including phenoxy) is 1. The molecule has 1 saturated heterocycles. The van der Waals surface area contributed by atoms with Crippen molar-refractivity contribution in [2.75, 3.05) is 18.4 Å². The Balaban J connectivity index is 1.75. The highest BCUT2D eigenvalue weighted by atomic mass is 16.5. The standard InChI is InChI=1S/C21H26N2O2/c1-15-13-23(14-16(2)25-15)17(3)21(24)22-20-12-8-7-11-19(20)18-9-5-4-6-10-18/h4-12,15-17H,13-14H2,1-3H3,(H,22,24). The Kier molecular flexibility index (Phi) is 5.51. The lowest BCUT2D eigenvalue weighted by Gasteiger charge is -2.38. The van der Waals surface area contributed by atoms with Crippen molar-refractivity contribution >= 4 is 11.6 Å². The van der Waals surface area contributed by atoms with E-state index >= 15 is 0 Å². The number of nitrogens with zero attached hydrogens (tertiary/aromatic N) is 1. The molecular formula is C21H26N2O2. The second-order valence-corrected chi connectivity index (χ2v) is 6.79. The summed E-state index contributed by atoms with van der Waals surface area (Å²) in [6, 6.07) is 17.9. The summed E-state index contributed by atoms with van der Waals surface area (Å²) >= 11 is 0. The third kappa shape index (κ3) is 4.27. The fourth-order valence-corrected chi connectivity index (χ4v) is 3.40. The van der Waals surface area contributed by atoms with Gasteiger partial charge in [0.05, 0.1) is 18.2 Å². The van der Waals surface area contributed by atoms with Crippen molar-refractivity contribution < 1.29 is 9.53 Å². The van der Waals surface area contributed by atoms with Gasteiger partial charge in [0.15, 0.2) is 0 Å². The summed E-state index contributed by atoms with van der Waals surface area (Å²) in [6.45, 7) is 7.62. The SMILES string of the molecule is CC1CN(C(C)C(=O)Nc2ccccc2-c2ccccc2)CC(C)O1. The van der Waals surface area contributed by atoms with Gasteiger partial charge in [-0.3, -0.25) is 9.69 Å². The number of carbonyl (C=O) groups is 1. The molecule has 0 aromatic heterocycles. The van der Waals surface area contributed by atoms with E-state index in [0.717, 1.165) is 29.9 Å². The lowest BCUT2D eigenvalue weighted by Crippen LogP contribution is -2.52. The first-order valence-electron chi connectivity index (χ1n) is 8.89. The van der Waals surface area contributed by atoms with Gasteiger partial charge in [-0.15, -0.1) is 0 Å². The minimum atomic E-state index is -0.197. The molecule has 0 saturated carbocycles. The normalized spacial score (nSPS) is 22.4. The average Bonchev–Trinajstić information content (AvgIpc) is 2.61. The van der Waals surface area contributed by atoms with E-state index in [1.165, 1.54) is 0 Å². The van der Waals surface area contributed by atoms with Crippen LogP contribution in [0.15, 0.2) is 54.6 Å². The molecule has 3 rings (SSSR count). The molecule has 4 heteroatoms. The van der Waals surface area contributed by atoms with Crippen molar-refractivity contribution in [1.82, 2.24) is 4.90 Å². The lowest BCUT2D eigenvalue weighted by atomic mass is 10.0. The van der Waals surface area contributed by atoms with Gasteiger partial charge in [-0.25, -0.2) is 0 Å². The van der Waals surface area contributed by atoms with E-state index in [0.29, 0.717) is 0 Å². The molecule has 1 aliphatic rings. The lowest BCUT2D eigenvalue weighted by molar-refractivity contribution is -0.126. The molecule has 1 heterocycles. The maximum Gasteiger partial charge on any atom is 0.241 e. The minimum Gasteiger partial charge on any atom is -0.373 e. The van der Waals surface area contributed by atoms with Crippen molar-refractivity contribution in [1.29, 1.82) is 0 Å². The smallest absolute Gasteiger partial charge is 0.241 e. The van der Waals surface area contributed by atoms with E-state index in [4.69, 9.17) is 4.74 Å². The highest BCUT2D eigenvalue weighted by Gasteiger charge is 2.29. The topological polar surface area (TPSA) is 41.6 Å². The molecule has 1 aliphatic heterocycles. The summed E-state index contributed by atoms with van der Waals surface area (Å²) in [5.41, 5.74) is 2.98. The molecule has 0 radical (unpaired) electrons. The van der Waals surface area contributed by atoms with Gasteiger partial charge in [0, 0.05) is 24.3 Å². The van der Waals surface area contributed by atoms with Crippen LogP contribution in [0, 0.1) is 0 Å². The summed E-state index contributed by atoms with van der Waals surface area (Å²) in [6.07, 6.45) is 0.297. The number of nitrogens with one attached hydrogen (secondary N) is 1. The highest BCUT2D eigenvalue weighted by molar-refractivity contribution is 5.98. The van der Waals surface area contributed by atoms with E-state index in [1.54, 1.807) is 0 Å². The van der Waals surface area contributed by atoms with Crippen LogP contribution in [0.5, 0.6) is 0 Å². The first-order chi connectivity index (χ1) is 12.0. The molecule has 2 aromatic carbocycles. The Morgan fingerprint density at radius 1 is 1.04 bits per heavy atom. The molecule has 4 nitrogen and oxygen atoms in total. The first-order valence-corrected chi connectivity index (χ1v) is 8.89. The number of rotatable bonds is 4. The molecule has 1 N–H and O–H groups in total. The second-order valence-electron chi connectivity index (χ2n) is 6.79. The van der Waals surface area contributed by atoms with Gasteiger partial charge < -0.3 is 10.1 Å². The van der Waals surface area contributed by atoms with Gasteiger partial charge in [0.25, 0.3) is 0 Å². The predicted octanol–water partition coefficient (Wildman–Crippen LogP) is 3.79. The first kappa shape index (κ1) is 17.6. The van der Waals surface area contributed by atoms with Crippen LogP contribution in [0.1, 0.15) is 20.8 Å². The third-order valence-corrected chi connectivity index (χ3v) is 4.64. The Bertz CT molecular complexity index is 707. The number of benzene rings is 2. The van der Waals surface area contributed by atoms with E-state index in [-0.39, 0.29) is 24.2 Å². The predicted molar refractivity (Wildman–Crippen MR) is 102 cm³/mol. The average molecular weight is 338 g/mol. The largest absolute Gasteiger partial charge is 0.373 e. The monoisotopic (exact) mass is 338 g/mol. The zero-order valence-electron chi connectivity index (χ0n) is 15.1. The minimum absolute atomic E-state index is 0.0182. The van der Waals surface area contributed by atoms with Crippen molar-refractivity contribution in [3.05, 3.63) is 54.6 Å². The third-order valence-electron chi connectivity index (χ3n) is 4.64. The molecule has 1 fully saturated rings. The van der Waals surface area contributed by atoms with Gasteiger partial charge in [0.2, 0.25) is 5.91 Å². The number of amides is 1. The van der Waals surface area contributed by atoms with Crippen LogP contribution in [0.25, 0.3) is 11.1 Å². The van der Waals surface area contributed by atoms with Crippen molar-refractivity contribution in [2.24, 2.45) is 0 Å². The Hall–Kier alpha value is -2.17. The van der Waals surface area contributed by atoms with Gasteiger partial charge >= 0.3 is 0 Å². The Labute approximate surface area is 149 Å². The van der Waals surface area contributed by atoms with Crippen LogP contribution >= 0.6 is 0 Å². The van der Waals surface area contributed by atoms with E-state index in [2.05, 4.69) is 36.2 Å². The Morgan fingerprint density at radius 2 is 1.64 bits per heavy atom. The van der Waals surface area contributed by atoms with E-state index in [1.807, 2.05) is 49.4 Å². The maximum absolute atomic E-state index is 12.8. The van der Waals surface area contributed by atoms with E-state index < -0.39 is 0 Å². The van der Waals surface area contributed by atoms with Crippen molar-refractivity contribution in [3.63, 3.8) is 0 Å². The summed E-state index contributed by atoms with van der Waals surface area (Å²) in [7, 11) is 0. The number of para-hydroxylation sites is 1. The quantitative estimate of drug-likeness (QED) is 0.922. The van der Waals surface area contributed by atoms with Crippen molar-refractivity contribution in [2.45, 2.75) is 39.0 Å². The van der Waals surface area contributed by atoms with Crippen LogP contribution in [0.2, 0.25) is 0 Å². The molecule has 0 spiro atoms. The van der Waals surface area contributed by atoms with E-state index in [9.17, 15) is 4.79 Å². The molecule has 3 unspecified atom stereocenters. The number of anilines is 1. The fourth-order valence-electron chi connectivity index (χ4n) is 3.40. The summed E-state index contributed by atoms with van der Waals surface area (Å²) in [5, 5.41) is 3.11. The molecule has 3 atom stereocenters. The Morgan fingerprint density at radius 3 is 2.32 bits per heavy atom.